The average Bonchev–Trinajstić information content (AvgIpc) is 2.42. The SMILES string of the molecule is Fc1cccc(Br)c1CNCCCN1CCCCC1. The second-order valence-corrected chi connectivity index (χ2v) is 5.99. The first-order valence-corrected chi connectivity index (χ1v) is 7.92. The van der Waals surface area contributed by atoms with Crippen molar-refractivity contribution in [3.63, 3.8) is 0 Å². The molecule has 1 aliphatic rings. The lowest BCUT2D eigenvalue weighted by molar-refractivity contribution is 0.225. The van der Waals surface area contributed by atoms with Crippen LogP contribution in [0.4, 0.5) is 4.39 Å². The molecule has 0 aliphatic carbocycles. The van der Waals surface area contributed by atoms with Gasteiger partial charge in [0.2, 0.25) is 0 Å². The summed E-state index contributed by atoms with van der Waals surface area (Å²) in [6, 6.07) is 5.11. The highest BCUT2D eigenvalue weighted by Gasteiger charge is 2.09. The van der Waals surface area contributed by atoms with E-state index in [2.05, 4.69) is 26.1 Å². The lowest BCUT2D eigenvalue weighted by Gasteiger charge is -2.26. The number of nitrogens with zero attached hydrogens (tertiary/aromatic N) is 1. The summed E-state index contributed by atoms with van der Waals surface area (Å²) in [7, 11) is 0. The van der Waals surface area contributed by atoms with Crippen LogP contribution >= 0.6 is 15.9 Å². The highest BCUT2D eigenvalue weighted by Crippen LogP contribution is 2.19. The van der Waals surface area contributed by atoms with Crippen molar-refractivity contribution in [2.45, 2.75) is 32.2 Å². The molecule has 0 saturated carbocycles. The van der Waals surface area contributed by atoms with E-state index in [9.17, 15) is 4.39 Å². The molecule has 0 radical (unpaired) electrons. The Kier molecular flexibility index (Phi) is 6.28. The Morgan fingerprint density at radius 2 is 2.00 bits per heavy atom. The van der Waals surface area contributed by atoms with E-state index in [4.69, 9.17) is 0 Å². The van der Waals surface area contributed by atoms with Gasteiger partial charge in [0.15, 0.2) is 0 Å². The zero-order valence-electron chi connectivity index (χ0n) is 11.3. The van der Waals surface area contributed by atoms with Gasteiger partial charge in [-0.15, -0.1) is 0 Å². The van der Waals surface area contributed by atoms with Gasteiger partial charge in [-0.3, -0.25) is 0 Å². The number of likely N-dealkylation sites (tertiary alicyclic amines) is 1. The molecule has 19 heavy (non-hydrogen) atoms. The Balaban J connectivity index is 1.63. The van der Waals surface area contributed by atoms with Crippen molar-refractivity contribution in [2.24, 2.45) is 0 Å². The summed E-state index contributed by atoms with van der Waals surface area (Å²) < 4.78 is 14.4. The summed E-state index contributed by atoms with van der Waals surface area (Å²) in [4.78, 5) is 2.53. The van der Waals surface area contributed by atoms with E-state index < -0.39 is 0 Å². The molecule has 106 valence electrons. The molecule has 0 bridgehead atoms. The molecule has 1 N–H and O–H groups in total. The van der Waals surface area contributed by atoms with E-state index in [0.717, 1.165) is 29.5 Å². The number of hydrogen-bond acceptors (Lipinski definition) is 2. The highest BCUT2D eigenvalue weighted by atomic mass is 79.9. The normalized spacial score (nSPS) is 16.7. The number of nitrogens with one attached hydrogen (secondary N) is 1. The highest BCUT2D eigenvalue weighted by molar-refractivity contribution is 9.10. The molecular weight excluding hydrogens is 307 g/mol. The largest absolute Gasteiger partial charge is 0.312 e. The van der Waals surface area contributed by atoms with Crippen LogP contribution in [0.15, 0.2) is 22.7 Å². The first-order valence-electron chi connectivity index (χ1n) is 7.13. The molecule has 1 fully saturated rings. The molecule has 1 aromatic rings. The third-order valence-corrected chi connectivity index (χ3v) is 4.38. The van der Waals surface area contributed by atoms with Gasteiger partial charge in [0.25, 0.3) is 0 Å². The van der Waals surface area contributed by atoms with Gasteiger partial charge < -0.3 is 10.2 Å². The van der Waals surface area contributed by atoms with Crippen molar-refractivity contribution < 1.29 is 4.39 Å². The van der Waals surface area contributed by atoms with E-state index in [0.29, 0.717) is 6.54 Å². The van der Waals surface area contributed by atoms with Crippen molar-refractivity contribution in [3.8, 4) is 0 Å². The summed E-state index contributed by atoms with van der Waals surface area (Å²) in [6.07, 6.45) is 5.20. The van der Waals surface area contributed by atoms with Crippen molar-refractivity contribution in [2.75, 3.05) is 26.2 Å². The van der Waals surface area contributed by atoms with Gasteiger partial charge in [0.05, 0.1) is 0 Å². The predicted octanol–water partition coefficient (Wildman–Crippen LogP) is 3.55. The maximum absolute atomic E-state index is 13.6. The van der Waals surface area contributed by atoms with Crippen LogP contribution in [-0.2, 0) is 6.54 Å². The molecular formula is C15H22BrFN2. The van der Waals surface area contributed by atoms with Crippen molar-refractivity contribution in [3.05, 3.63) is 34.1 Å². The second kappa shape index (κ2) is 7.98. The summed E-state index contributed by atoms with van der Waals surface area (Å²) in [5.41, 5.74) is 0.723. The topological polar surface area (TPSA) is 15.3 Å². The zero-order valence-corrected chi connectivity index (χ0v) is 12.9. The summed E-state index contributed by atoms with van der Waals surface area (Å²) in [5, 5.41) is 3.33. The Bertz CT molecular complexity index is 371. The zero-order chi connectivity index (χ0) is 13.5. The van der Waals surface area contributed by atoms with Crippen molar-refractivity contribution in [1.29, 1.82) is 0 Å². The third-order valence-electron chi connectivity index (χ3n) is 3.64. The number of rotatable bonds is 6. The first kappa shape index (κ1) is 14.9. The maximum Gasteiger partial charge on any atom is 0.128 e. The van der Waals surface area contributed by atoms with Gasteiger partial charge in [0.1, 0.15) is 5.82 Å². The molecule has 0 aromatic heterocycles. The predicted molar refractivity (Wildman–Crippen MR) is 80.7 cm³/mol. The van der Waals surface area contributed by atoms with Gasteiger partial charge in [-0.05, 0) is 57.6 Å². The summed E-state index contributed by atoms with van der Waals surface area (Å²) in [6.45, 7) is 5.19. The molecule has 1 aliphatic heterocycles. The van der Waals surface area contributed by atoms with E-state index in [1.807, 2.05) is 6.07 Å². The molecule has 1 saturated heterocycles. The van der Waals surface area contributed by atoms with E-state index in [1.165, 1.54) is 38.4 Å². The molecule has 4 heteroatoms. The second-order valence-electron chi connectivity index (χ2n) is 5.13. The molecule has 2 nitrogen and oxygen atoms in total. The lowest BCUT2D eigenvalue weighted by atomic mass is 10.1. The van der Waals surface area contributed by atoms with Crippen LogP contribution in [0, 0.1) is 5.82 Å². The van der Waals surface area contributed by atoms with Gasteiger partial charge >= 0.3 is 0 Å². The van der Waals surface area contributed by atoms with E-state index >= 15 is 0 Å². The van der Waals surface area contributed by atoms with Crippen LogP contribution in [0.25, 0.3) is 0 Å². The molecule has 0 unspecified atom stereocenters. The Labute approximate surface area is 123 Å². The van der Waals surface area contributed by atoms with Gasteiger partial charge in [-0.1, -0.05) is 28.4 Å². The Hall–Kier alpha value is -0.450. The van der Waals surface area contributed by atoms with Gasteiger partial charge in [-0.2, -0.15) is 0 Å². The first-order chi connectivity index (χ1) is 9.27. The lowest BCUT2D eigenvalue weighted by Crippen LogP contribution is -2.32. The number of benzene rings is 1. The smallest absolute Gasteiger partial charge is 0.128 e. The monoisotopic (exact) mass is 328 g/mol. The number of halogens is 2. The van der Waals surface area contributed by atoms with Crippen LogP contribution in [-0.4, -0.2) is 31.1 Å². The molecule has 0 amide bonds. The molecule has 1 aromatic carbocycles. The van der Waals surface area contributed by atoms with Crippen molar-refractivity contribution >= 4 is 15.9 Å². The fourth-order valence-corrected chi connectivity index (χ4v) is 3.01. The van der Waals surface area contributed by atoms with Crippen LogP contribution in [0.5, 0.6) is 0 Å². The Morgan fingerprint density at radius 3 is 2.74 bits per heavy atom. The minimum absolute atomic E-state index is 0.141. The molecule has 0 spiro atoms. The minimum Gasteiger partial charge on any atom is -0.312 e. The number of piperidine rings is 1. The summed E-state index contributed by atoms with van der Waals surface area (Å²) in [5.74, 6) is -0.141. The van der Waals surface area contributed by atoms with Crippen LogP contribution in [0.1, 0.15) is 31.2 Å². The molecule has 0 atom stereocenters. The third kappa shape index (κ3) is 4.86. The fraction of sp³-hybridized carbons (Fsp3) is 0.600. The maximum atomic E-state index is 13.6. The van der Waals surface area contributed by atoms with Crippen LogP contribution in [0.2, 0.25) is 0 Å². The molecule has 2 rings (SSSR count). The average molecular weight is 329 g/mol. The Morgan fingerprint density at radius 1 is 1.21 bits per heavy atom. The van der Waals surface area contributed by atoms with E-state index in [-0.39, 0.29) is 5.82 Å². The summed E-state index contributed by atoms with van der Waals surface area (Å²) >= 11 is 3.39. The molecule has 1 heterocycles. The number of hydrogen-bond donors (Lipinski definition) is 1. The van der Waals surface area contributed by atoms with Gasteiger partial charge in [0, 0.05) is 16.6 Å². The van der Waals surface area contributed by atoms with Crippen molar-refractivity contribution in [1.82, 2.24) is 10.2 Å². The standard InChI is InChI=1S/C15H22BrFN2/c16-14-6-4-7-15(17)13(14)12-18-8-5-11-19-9-2-1-3-10-19/h4,6-7,18H,1-3,5,8-12H2. The quantitative estimate of drug-likeness (QED) is 0.803. The van der Waals surface area contributed by atoms with Crippen LogP contribution in [0.3, 0.4) is 0 Å². The van der Waals surface area contributed by atoms with E-state index in [1.54, 1.807) is 6.07 Å². The van der Waals surface area contributed by atoms with Crippen LogP contribution < -0.4 is 5.32 Å². The minimum atomic E-state index is -0.141. The fourth-order valence-electron chi connectivity index (χ4n) is 2.53. The van der Waals surface area contributed by atoms with Gasteiger partial charge in [-0.25, -0.2) is 4.39 Å².